The summed E-state index contributed by atoms with van der Waals surface area (Å²) in [6.45, 7) is 5.30. The van der Waals surface area contributed by atoms with E-state index in [-0.39, 0.29) is 30.3 Å². The molecule has 3 heterocycles. The lowest BCUT2D eigenvalue weighted by atomic mass is 9.94. The number of benzene rings is 1. The fourth-order valence-corrected chi connectivity index (χ4v) is 4.56. The zero-order valence-corrected chi connectivity index (χ0v) is 16.7. The van der Waals surface area contributed by atoms with Crippen molar-refractivity contribution in [2.45, 2.75) is 58.2 Å². The summed E-state index contributed by atoms with van der Waals surface area (Å²) in [7, 11) is 0. The SMILES string of the molecule is C[C@@H]1CCN(C(=O)Nc2ccc3c(c2)CN(C2CCC(=O)NC2=O)C3=O)[C@H](C)C1. The number of carbonyl (C=O) groups excluding carboxylic acids is 4. The molecule has 0 aromatic heterocycles. The Bertz CT molecular complexity index is 883. The van der Waals surface area contributed by atoms with Gasteiger partial charge in [0.2, 0.25) is 11.8 Å². The molecule has 0 aliphatic carbocycles. The Kier molecular flexibility index (Phi) is 5.02. The lowest BCUT2D eigenvalue weighted by Crippen LogP contribution is -2.52. The molecule has 1 aromatic rings. The van der Waals surface area contributed by atoms with Crippen LogP contribution in [0.2, 0.25) is 0 Å². The van der Waals surface area contributed by atoms with Gasteiger partial charge in [0.15, 0.2) is 0 Å². The standard InChI is InChI=1S/C21H26N4O4/c1-12-7-8-24(13(2)9-12)21(29)22-15-3-4-16-14(10-15)11-25(20(16)28)17-5-6-18(26)23-19(17)27/h3-4,10,12-13,17H,5-9,11H2,1-2H3,(H,22,29)(H,23,26,27)/t12-,13-,17?/m1/s1. The van der Waals surface area contributed by atoms with Crippen molar-refractivity contribution >= 4 is 29.4 Å². The third-order valence-electron chi connectivity index (χ3n) is 6.17. The molecule has 29 heavy (non-hydrogen) atoms. The van der Waals surface area contributed by atoms with Gasteiger partial charge in [0, 0.05) is 36.8 Å². The molecule has 2 N–H and O–H groups in total. The fraction of sp³-hybridized carbons (Fsp3) is 0.524. The number of amides is 5. The van der Waals surface area contributed by atoms with Crippen LogP contribution in [-0.4, -0.2) is 52.2 Å². The van der Waals surface area contributed by atoms with E-state index in [0.717, 1.165) is 24.9 Å². The predicted molar refractivity (Wildman–Crippen MR) is 106 cm³/mol. The minimum Gasteiger partial charge on any atom is -0.322 e. The Morgan fingerprint density at radius 1 is 1.17 bits per heavy atom. The Labute approximate surface area is 169 Å². The van der Waals surface area contributed by atoms with Crippen LogP contribution in [0.3, 0.4) is 0 Å². The number of nitrogens with zero attached hydrogens (tertiary/aromatic N) is 2. The van der Waals surface area contributed by atoms with Crippen molar-refractivity contribution in [3.63, 3.8) is 0 Å². The van der Waals surface area contributed by atoms with E-state index in [1.807, 2.05) is 4.90 Å². The van der Waals surface area contributed by atoms with Gasteiger partial charge in [-0.1, -0.05) is 6.92 Å². The quantitative estimate of drug-likeness (QED) is 0.746. The highest BCUT2D eigenvalue weighted by molar-refractivity contribution is 6.05. The highest BCUT2D eigenvalue weighted by Gasteiger charge is 2.39. The Morgan fingerprint density at radius 3 is 2.69 bits per heavy atom. The number of carbonyl (C=O) groups is 4. The molecular weight excluding hydrogens is 372 g/mol. The number of hydrogen-bond donors (Lipinski definition) is 2. The minimum atomic E-state index is -0.637. The van der Waals surface area contributed by atoms with Crippen molar-refractivity contribution in [2.24, 2.45) is 5.92 Å². The number of hydrogen-bond acceptors (Lipinski definition) is 4. The van der Waals surface area contributed by atoms with E-state index in [4.69, 9.17) is 0 Å². The topological polar surface area (TPSA) is 98.8 Å². The lowest BCUT2D eigenvalue weighted by molar-refractivity contribution is -0.136. The number of urea groups is 1. The fourth-order valence-electron chi connectivity index (χ4n) is 4.56. The Morgan fingerprint density at radius 2 is 1.97 bits per heavy atom. The smallest absolute Gasteiger partial charge is 0.322 e. The highest BCUT2D eigenvalue weighted by Crippen LogP contribution is 2.30. The van der Waals surface area contributed by atoms with Crippen LogP contribution in [0.25, 0.3) is 0 Å². The molecule has 3 aliphatic rings. The summed E-state index contributed by atoms with van der Waals surface area (Å²) in [5.74, 6) is -0.324. The van der Waals surface area contributed by atoms with Gasteiger partial charge in [-0.25, -0.2) is 4.79 Å². The third kappa shape index (κ3) is 3.71. The number of likely N-dealkylation sites (tertiary alicyclic amines) is 1. The molecule has 0 saturated carbocycles. The van der Waals surface area contributed by atoms with Crippen LogP contribution in [0.15, 0.2) is 18.2 Å². The molecule has 4 rings (SSSR count). The molecule has 1 aromatic carbocycles. The number of nitrogens with one attached hydrogen (secondary N) is 2. The van der Waals surface area contributed by atoms with Crippen molar-refractivity contribution in [1.82, 2.24) is 15.1 Å². The second-order valence-corrected chi connectivity index (χ2v) is 8.37. The number of imide groups is 1. The maximum atomic E-state index is 12.7. The average Bonchev–Trinajstić information content (AvgIpc) is 2.97. The summed E-state index contributed by atoms with van der Waals surface area (Å²) in [6, 6.07) is 4.64. The van der Waals surface area contributed by atoms with Crippen LogP contribution in [0.5, 0.6) is 0 Å². The molecule has 8 heteroatoms. The highest BCUT2D eigenvalue weighted by atomic mass is 16.2. The van der Waals surface area contributed by atoms with E-state index < -0.39 is 11.9 Å². The van der Waals surface area contributed by atoms with E-state index in [9.17, 15) is 19.2 Å². The second kappa shape index (κ2) is 7.50. The molecule has 1 unspecified atom stereocenters. The van der Waals surface area contributed by atoms with E-state index in [1.165, 1.54) is 4.90 Å². The van der Waals surface area contributed by atoms with E-state index in [0.29, 0.717) is 30.1 Å². The van der Waals surface area contributed by atoms with Crippen molar-refractivity contribution in [3.8, 4) is 0 Å². The number of rotatable bonds is 2. The van der Waals surface area contributed by atoms with Gasteiger partial charge in [-0.3, -0.25) is 19.7 Å². The van der Waals surface area contributed by atoms with Gasteiger partial charge in [0.25, 0.3) is 5.91 Å². The number of anilines is 1. The second-order valence-electron chi connectivity index (χ2n) is 8.37. The monoisotopic (exact) mass is 398 g/mol. The first kappa shape index (κ1) is 19.4. The van der Waals surface area contributed by atoms with Crippen LogP contribution < -0.4 is 10.6 Å². The molecule has 2 fully saturated rings. The van der Waals surface area contributed by atoms with Crippen molar-refractivity contribution in [1.29, 1.82) is 0 Å². The van der Waals surface area contributed by atoms with Crippen molar-refractivity contribution in [3.05, 3.63) is 29.3 Å². The summed E-state index contributed by atoms with van der Waals surface area (Å²) in [5, 5.41) is 5.24. The van der Waals surface area contributed by atoms with Gasteiger partial charge in [0.05, 0.1) is 0 Å². The van der Waals surface area contributed by atoms with Crippen LogP contribution in [0.1, 0.15) is 55.5 Å². The Hall–Kier alpha value is -2.90. The van der Waals surface area contributed by atoms with E-state index in [1.54, 1.807) is 18.2 Å². The van der Waals surface area contributed by atoms with Crippen LogP contribution in [-0.2, 0) is 16.1 Å². The summed E-state index contributed by atoms with van der Waals surface area (Å²) >= 11 is 0. The third-order valence-corrected chi connectivity index (χ3v) is 6.17. The van der Waals surface area contributed by atoms with Crippen LogP contribution in [0.4, 0.5) is 10.5 Å². The van der Waals surface area contributed by atoms with Gasteiger partial charge in [0.1, 0.15) is 6.04 Å². The molecule has 5 amide bonds. The molecule has 8 nitrogen and oxygen atoms in total. The molecule has 3 aliphatic heterocycles. The van der Waals surface area contributed by atoms with Crippen LogP contribution in [0, 0.1) is 5.92 Å². The Balaban J connectivity index is 1.45. The van der Waals surface area contributed by atoms with Crippen molar-refractivity contribution in [2.75, 3.05) is 11.9 Å². The summed E-state index contributed by atoms with van der Waals surface area (Å²) in [6.07, 6.45) is 2.55. The first-order valence-electron chi connectivity index (χ1n) is 10.2. The maximum Gasteiger partial charge on any atom is 0.322 e. The van der Waals surface area contributed by atoms with Crippen molar-refractivity contribution < 1.29 is 19.2 Å². The van der Waals surface area contributed by atoms with Gasteiger partial charge < -0.3 is 15.1 Å². The van der Waals surface area contributed by atoms with Gasteiger partial charge >= 0.3 is 6.03 Å². The molecule has 2 saturated heterocycles. The molecule has 0 radical (unpaired) electrons. The number of piperidine rings is 2. The molecule has 3 atom stereocenters. The molecular formula is C21H26N4O4. The van der Waals surface area contributed by atoms with E-state index in [2.05, 4.69) is 24.5 Å². The normalized spacial score (nSPS) is 27.0. The largest absolute Gasteiger partial charge is 0.322 e. The van der Waals surface area contributed by atoms with Gasteiger partial charge in [-0.2, -0.15) is 0 Å². The summed E-state index contributed by atoms with van der Waals surface area (Å²) < 4.78 is 0. The van der Waals surface area contributed by atoms with Gasteiger partial charge in [-0.15, -0.1) is 0 Å². The molecule has 0 bridgehead atoms. The zero-order chi connectivity index (χ0) is 20.7. The van der Waals surface area contributed by atoms with E-state index >= 15 is 0 Å². The zero-order valence-electron chi connectivity index (χ0n) is 16.7. The first-order valence-corrected chi connectivity index (χ1v) is 10.2. The molecule has 0 spiro atoms. The minimum absolute atomic E-state index is 0.129. The number of fused-ring (bicyclic) bond motifs is 1. The van der Waals surface area contributed by atoms with Gasteiger partial charge in [-0.05, 0) is 55.9 Å². The summed E-state index contributed by atoms with van der Waals surface area (Å²) in [5.41, 5.74) is 1.95. The molecule has 154 valence electrons. The summed E-state index contributed by atoms with van der Waals surface area (Å²) in [4.78, 5) is 52.3. The van der Waals surface area contributed by atoms with Crippen LogP contribution >= 0.6 is 0 Å². The maximum absolute atomic E-state index is 12.7. The lowest BCUT2D eigenvalue weighted by Gasteiger charge is -2.36. The predicted octanol–water partition coefficient (Wildman–Crippen LogP) is 2.10. The first-order chi connectivity index (χ1) is 13.8. The average molecular weight is 398 g/mol.